The van der Waals surface area contributed by atoms with E-state index in [1.807, 2.05) is 6.92 Å². The molecule has 0 spiro atoms. The van der Waals surface area contributed by atoms with Crippen LogP contribution in [0.4, 0.5) is 0 Å². The van der Waals surface area contributed by atoms with Gasteiger partial charge in [-0.25, -0.2) is 8.42 Å². The molecule has 24 heavy (non-hydrogen) atoms. The molecule has 0 aliphatic carbocycles. The quantitative estimate of drug-likeness (QED) is 0.347. The molecular formula is C16H35IN4O2S. The molecule has 0 aromatic rings. The molecule has 1 aliphatic rings. The van der Waals surface area contributed by atoms with E-state index in [1.165, 1.54) is 12.8 Å². The summed E-state index contributed by atoms with van der Waals surface area (Å²) in [5.41, 5.74) is 0. The van der Waals surface area contributed by atoms with Gasteiger partial charge in [0.15, 0.2) is 15.8 Å². The minimum absolute atomic E-state index is 0. The molecule has 0 aromatic heterocycles. The summed E-state index contributed by atoms with van der Waals surface area (Å²) in [6.45, 7) is 12.4. The Hall–Kier alpha value is -0.0900. The Morgan fingerprint density at radius 1 is 1.29 bits per heavy atom. The molecule has 0 atom stereocenters. The number of hydrogen-bond donors (Lipinski definition) is 1. The fraction of sp³-hybridized carbons (Fsp3) is 0.938. The highest BCUT2D eigenvalue weighted by Gasteiger charge is 2.40. The van der Waals surface area contributed by atoms with Crippen molar-refractivity contribution < 1.29 is 8.42 Å². The highest BCUT2D eigenvalue weighted by Crippen LogP contribution is 2.23. The number of aliphatic imine (C=N–C) groups is 1. The fourth-order valence-corrected chi connectivity index (χ4v) is 3.98. The predicted molar refractivity (Wildman–Crippen MR) is 113 cm³/mol. The maximum absolute atomic E-state index is 12.1. The molecule has 1 aliphatic heterocycles. The molecule has 1 saturated heterocycles. The predicted octanol–water partition coefficient (Wildman–Crippen LogP) is 1.81. The third-order valence-electron chi connectivity index (χ3n) is 4.31. The monoisotopic (exact) mass is 474 g/mol. The summed E-state index contributed by atoms with van der Waals surface area (Å²) in [4.78, 5) is 9.07. The van der Waals surface area contributed by atoms with E-state index < -0.39 is 14.6 Å². The second-order valence-electron chi connectivity index (χ2n) is 6.89. The summed E-state index contributed by atoms with van der Waals surface area (Å²) in [5, 5.41) is 3.30. The lowest BCUT2D eigenvalue weighted by Crippen LogP contribution is -2.57. The third kappa shape index (κ3) is 7.03. The van der Waals surface area contributed by atoms with Gasteiger partial charge in [-0.05, 0) is 40.8 Å². The summed E-state index contributed by atoms with van der Waals surface area (Å²) < 4.78 is 23.6. The van der Waals surface area contributed by atoms with Gasteiger partial charge < -0.3 is 15.1 Å². The van der Waals surface area contributed by atoms with Gasteiger partial charge in [0.2, 0.25) is 0 Å². The molecule has 1 N–H and O–H groups in total. The van der Waals surface area contributed by atoms with Crippen molar-refractivity contribution in [1.82, 2.24) is 15.1 Å². The molecule has 0 saturated carbocycles. The molecule has 1 rings (SSSR count). The average Bonchev–Trinajstić information content (AvgIpc) is 2.47. The molecule has 0 bridgehead atoms. The van der Waals surface area contributed by atoms with Crippen molar-refractivity contribution in [3.63, 3.8) is 0 Å². The second kappa shape index (κ2) is 10.8. The van der Waals surface area contributed by atoms with Crippen LogP contribution in [0.5, 0.6) is 0 Å². The van der Waals surface area contributed by atoms with Crippen molar-refractivity contribution in [3.8, 4) is 0 Å². The number of rotatable bonds is 7. The van der Waals surface area contributed by atoms with Crippen molar-refractivity contribution in [2.24, 2.45) is 4.99 Å². The van der Waals surface area contributed by atoms with Crippen LogP contribution in [0.15, 0.2) is 4.99 Å². The van der Waals surface area contributed by atoms with Crippen LogP contribution in [0.1, 0.15) is 40.5 Å². The van der Waals surface area contributed by atoms with Gasteiger partial charge in [0, 0.05) is 26.2 Å². The number of hydrogen-bond acceptors (Lipinski definition) is 4. The maximum atomic E-state index is 12.1. The van der Waals surface area contributed by atoms with Gasteiger partial charge >= 0.3 is 0 Å². The molecule has 1 heterocycles. The fourth-order valence-electron chi connectivity index (χ4n) is 2.62. The van der Waals surface area contributed by atoms with E-state index in [9.17, 15) is 8.42 Å². The van der Waals surface area contributed by atoms with E-state index in [2.05, 4.69) is 29.1 Å². The molecule has 0 unspecified atom stereocenters. The molecule has 0 amide bonds. The Bertz CT molecular complexity index is 494. The Labute approximate surface area is 165 Å². The van der Waals surface area contributed by atoms with Gasteiger partial charge in [0.05, 0.1) is 17.0 Å². The van der Waals surface area contributed by atoms with Crippen LogP contribution < -0.4 is 5.32 Å². The first-order valence-corrected chi connectivity index (χ1v) is 10.3. The van der Waals surface area contributed by atoms with E-state index in [0.717, 1.165) is 32.1 Å². The van der Waals surface area contributed by atoms with Crippen LogP contribution in [0.3, 0.4) is 0 Å². The number of nitrogens with zero attached hydrogens (tertiary/aromatic N) is 3. The molecule has 6 nitrogen and oxygen atoms in total. The Morgan fingerprint density at radius 3 is 2.50 bits per heavy atom. The largest absolute Gasteiger partial charge is 0.357 e. The summed E-state index contributed by atoms with van der Waals surface area (Å²) >= 11 is 0. The van der Waals surface area contributed by atoms with Crippen LogP contribution in [0.25, 0.3) is 0 Å². The zero-order valence-electron chi connectivity index (χ0n) is 15.8. The molecule has 0 aromatic carbocycles. The Kier molecular flexibility index (Phi) is 10.8. The molecule has 0 radical (unpaired) electrons. The van der Waals surface area contributed by atoms with E-state index in [4.69, 9.17) is 4.99 Å². The normalized spacial score (nSPS) is 19.9. The van der Waals surface area contributed by atoms with Crippen LogP contribution in [-0.2, 0) is 9.84 Å². The van der Waals surface area contributed by atoms with Crippen molar-refractivity contribution in [1.29, 1.82) is 0 Å². The first-order chi connectivity index (χ1) is 10.7. The number of unbranched alkanes of at least 4 members (excludes halogenated alkanes) is 1. The lowest BCUT2D eigenvalue weighted by atomic mass is 10.2. The minimum Gasteiger partial charge on any atom is -0.357 e. The first-order valence-electron chi connectivity index (χ1n) is 8.67. The van der Waals surface area contributed by atoms with E-state index in [1.54, 1.807) is 13.8 Å². The summed E-state index contributed by atoms with van der Waals surface area (Å²) in [5.74, 6) is 1.03. The van der Waals surface area contributed by atoms with Crippen molar-refractivity contribution in [2.75, 3.05) is 52.1 Å². The number of halogens is 1. The van der Waals surface area contributed by atoms with Crippen molar-refractivity contribution in [2.45, 2.75) is 45.3 Å². The molecule has 1 fully saturated rings. The van der Waals surface area contributed by atoms with Gasteiger partial charge in [-0.3, -0.25) is 4.99 Å². The standard InChI is InChI=1S/C16H34N4O2S.HI/c1-6-8-10-19(5)11-9-18-15(17-7-2)20-12-13-23(21,22)16(3,4)14-20;/h6-14H2,1-5H3,(H,17,18);1H. The maximum Gasteiger partial charge on any atom is 0.194 e. The number of sulfone groups is 1. The van der Waals surface area contributed by atoms with Crippen LogP contribution >= 0.6 is 24.0 Å². The third-order valence-corrected chi connectivity index (χ3v) is 6.85. The van der Waals surface area contributed by atoms with Gasteiger partial charge in [-0.1, -0.05) is 13.3 Å². The van der Waals surface area contributed by atoms with Gasteiger partial charge in [-0.15, -0.1) is 24.0 Å². The number of nitrogens with one attached hydrogen (secondary N) is 1. The van der Waals surface area contributed by atoms with Crippen molar-refractivity contribution in [3.05, 3.63) is 0 Å². The zero-order valence-corrected chi connectivity index (χ0v) is 19.0. The number of likely N-dealkylation sites (N-methyl/N-ethyl adjacent to an activating group) is 1. The average molecular weight is 474 g/mol. The summed E-state index contributed by atoms with van der Waals surface area (Å²) in [6, 6.07) is 0. The first kappa shape index (κ1) is 23.9. The highest BCUT2D eigenvalue weighted by molar-refractivity contribution is 14.0. The second-order valence-corrected chi connectivity index (χ2v) is 9.64. The lowest BCUT2D eigenvalue weighted by Gasteiger charge is -2.39. The van der Waals surface area contributed by atoms with Crippen molar-refractivity contribution >= 4 is 39.8 Å². The smallest absolute Gasteiger partial charge is 0.194 e. The Morgan fingerprint density at radius 2 is 1.96 bits per heavy atom. The topological polar surface area (TPSA) is 65.0 Å². The zero-order chi connectivity index (χ0) is 17.5. The summed E-state index contributed by atoms with van der Waals surface area (Å²) in [6.07, 6.45) is 2.41. The van der Waals surface area contributed by atoms with E-state index in [-0.39, 0.29) is 29.7 Å². The van der Waals surface area contributed by atoms with Crippen LogP contribution in [0.2, 0.25) is 0 Å². The minimum atomic E-state index is -3.02. The molecule has 144 valence electrons. The Balaban J connectivity index is 0.00000529. The van der Waals surface area contributed by atoms with Gasteiger partial charge in [-0.2, -0.15) is 0 Å². The van der Waals surface area contributed by atoms with Crippen LogP contribution in [0, 0.1) is 0 Å². The van der Waals surface area contributed by atoms with Gasteiger partial charge in [0.1, 0.15) is 0 Å². The number of guanidine groups is 1. The SMILES string of the molecule is CCCCN(C)CCN=C(NCC)N1CCS(=O)(=O)C(C)(C)C1.I. The van der Waals surface area contributed by atoms with E-state index in [0.29, 0.717) is 13.1 Å². The molecule has 8 heteroatoms. The highest BCUT2D eigenvalue weighted by atomic mass is 127. The molecular weight excluding hydrogens is 439 g/mol. The van der Waals surface area contributed by atoms with Gasteiger partial charge in [0.25, 0.3) is 0 Å². The van der Waals surface area contributed by atoms with Crippen LogP contribution in [-0.4, -0.2) is 81.0 Å². The van der Waals surface area contributed by atoms with E-state index >= 15 is 0 Å². The summed E-state index contributed by atoms with van der Waals surface area (Å²) in [7, 11) is -0.900. The lowest BCUT2D eigenvalue weighted by molar-refractivity contribution is 0.332.